The number of rotatable bonds is 3. The molecule has 3 aromatic rings. The predicted octanol–water partition coefficient (Wildman–Crippen LogP) is 2.72. The first-order chi connectivity index (χ1) is 11.5. The van der Waals surface area contributed by atoms with Crippen LogP contribution in [0.3, 0.4) is 0 Å². The number of Topliss-reactive ketones (excluding diaryl/α,β-unsaturated/α-hetero) is 1. The topological polar surface area (TPSA) is 49.9 Å². The molecule has 1 aromatic heterocycles. The molecular weight excluding hydrogens is 349 g/mol. The lowest BCUT2D eigenvalue weighted by molar-refractivity contribution is 0.106. The molecule has 6 heteroatoms. The van der Waals surface area contributed by atoms with Crippen molar-refractivity contribution in [3.63, 3.8) is 0 Å². The van der Waals surface area contributed by atoms with E-state index in [1.807, 2.05) is 0 Å². The quantitative estimate of drug-likeness (QED) is 0.731. The molecule has 0 saturated heterocycles. The van der Waals surface area contributed by atoms with Crippen LogP contribution in [0.25, 0.3) is 12.2 Å². The summed E-state index contributed by atoms with van der Waals surface area (Å²) in [5.41, 5.74) is 0.738. The zero-order chi connectivity index (χ0) is 17.1. The van der Waals surface area contributed by atoms with Crippen LogP contribution in [0.4, 0.5) is 4.39 Å². The van der Waals surface area contributed by atoms with Crippen LogP contribution in [0.2, 0.25) is 5.02 Å². The summed E-state index contributed by atoms with van der Waals surface area (Å²) in [5.74, 6) is -0.608. The van der Waals surface area contributed by atoms with Gasteiger partial charge in [-0.15, -0.1) is 11.3 Å². The molecule has 0 aliphatic carbocycles. The van der Waals surface area contributed by atoms with Crippen molar-refractivity contribution in [3.05, 3.63) is 90.0 Å². The van der Waals surface area contributed by atoms with Crippen molar-refractivity contribution >= 4 is 40.9 Å². The van der Waals surface area contributed by atoms with Gasteiger partial charge >= 0.3 is 0 Å². The number of thiazole rings is 1. The first-order valence-corrected chi connectivity index (χ1v) is 8.19. The van der Waals surface area contributed by atoms with Crippen LogP contribution in [0.1, 0.15) is 15.9 Å². The first kappa shape index (κ1) is 16.4. The van der Waals surface area contributed by atoms with Gasteiger partial charge in [0.15, 0.2) is 5.78 Å². The van der Waals surface area contributed by atoms with E-state index in [1.165, 1.54) is 18.2 Å². The minimum atomic E-state index is -0.374. The number of aromatic nitrogens is 1. The highest BCUT2D eigenvalue weighted by molar-refractivity contribution is 7.07. The van der Waals surface area contributed by atoms with E-state index in [9.17, 15) is 14.0 Å². The Morgan fingerprint density at radius 1 is 1.17 bits per heavy atom. The summed E-state index contributed by atoms with van der Waals surface area (Å²) in [6.45, 7) is 0. The van der Waals surface area contributed by atoms with E-state index in [4.69, 9.17) is 11.6 Å². The number of hydrogen-bond acceptors (Lipinski definition) is 3. The van der Waals surface area contributed by atoms with E-state index in [0.29, 0.717) is 25.3 Å². The summed E-state index contributed by atoms with van der Waals surface area (Å²) in [6, 6.07) is 12.4. The fourth-order valence-corrected chi connectivity index (χ4v) is 3.10. The van der Waals surface area contributed by atoms with Gasteiger partial charge in [-0.05, 0) is 48.0 Å². The number of benzene rings is 2. The molecule has 0 saturated carbocycles. The molecule has 0 aliphatic rings. The maximum absolute atomic E-state index is 13.2. The number of carbonyl (C=O) groups is 1. The third-order valence-corrected chi connectivity index (χ3v) is 4.43. The number of carbonyl (C=O) groups excluding carboxylic acids is 1. The molecule has 2 aromatic carbocycles. The lowest BCUT2D eigenvalue weighted by atomic mass is 10.1. The summed E-state index contributed by atoms with van der Waals surface area (Å²) in [4.78, 5) is 26.8. The SMILES string of the molecule is O=C(/C=c1/[nH]c(=O)/c(=C/c2cccc(F)c2)s1)c1ccc(Cl)cc1. The Bertz CT molecular complexity index is 1070. The van der Waals surface area contributed by atoms with Gasteiger partial charge in [-0.2, -0.15) is 0 Å². The van der Waals surface area contributed by atoms with E-state index in [0.717, 1.165) is 11.3 Å². The van der Waals surface area contributed by atoms with Crippen LogP contribution >= 0.6 is 22.9 Å². The van der Waals surface area contributed by atoms with E-state index in [1.54, 1.807) is 42.5 Å². The van der Waals surface area contributed by atoms with Crippen molar-refractivity contribution in [1.29, 1.82) is 0 Å². The Morgan fingerprint density at radius 2 is 1.92 bits per heavy atom. The van der Waals surface area contributed by atoms with Gasteiger partial charge in [0, 0.05) is 16.7 Å². The minimum Gasteiger partial charge on any atom is -0.313 e. The molecule has 0 amide bonds. The van der Waals surface area contributed by atoms with Gasteiger partial charge in [0.25, 0.3) is 5.56 Å². The number of aromatic amines is 1. The van der Waals surface area contributed by atoms with Gasteiger partial charge in [0.05, 0.1) is 9.20 Å². The van der Waals surface area contributed by atoms with Crippen molar-refractivity contribution in [1.82, 2.24) is 4.98 Å². The van der Waals surface area contributed by atoms with Crippen molar-refractivity contribution in [2.24, 2.45) is 0 Å². The Balaban J connectivity index is 1.98. The molecule has 0 radical (unpaired) electrons. The molecule has 1 N–H and O–H groups in total. The zero-order valence-corrected chi connectivity index (χ0v) is 13.8. The van der Waals surface area contributed by atoms with Gasteiger partial charge in [0.1, 0.15) is 5.82 Å². The molecule has 0 atom stereocenters. The van der Waals surface area contributed by atoms with Crippen LogP contribution < -0.4 is 14.8 Å². The molecule has 0 aliphatic heterocycles. The molecule has 1 heterocycles. The van der Waals surface area contributed by atoms with Gasteiger partial charge in [0.2, 0.25) is 0 Å². The van der Waals surface area contributed by atoms with Crippen molar-refractivity contribution in [2.45, 2.75) is 0 Å². The van der Waals surface area contributed by atoms with Crippen molar-refractivity contribution < 1.29 is 9.18 Å². The van der Waals surface area contributed by atoms with Crippen LogP contribution in [0.15, 0.2) is 53.3 Å². The second kappa shape index (κ2) is 6.95. The number of ketones is 1. The lowest BCUT2D eigenvalue weighted by Crippen LogP contribution is -2.20. The third kappa shape index (κ3) is 3.88. The maximum Gasteiger partial charge on any atom is 0.266 e. The maximum atomic E-state index is 13.2. The van der Waals surface area contributed by atoms with E-state index >= 15 is 0 Å². The minimum absolute atomic E-state index is 0.235. The monoisotopic (exact) mass is 359 g/mol. The van der Waals surface area contributed by atoms with Crippen LogP contribution in [-0.2, 0) is 0 Å². The fourth-order valence-electron chi connectivity index (χ4n) is 2.09. The summed E-state index contributed by atoms with van der Waals surface area (Å²) in [7, 11) is 0. The van der Waals surface area contributed by atoms with Crippen LogP contribution in [0, 0.1) is 5.82 Å². The number of H-pyrrole nitrogens is 1. The third-order valence-electron chi connectivity index (χ3n) is 3.22. The predicted molar refractivity (Wildman–Crippen MR) is 94.4 cm³/mol. The summed E-state index contributed by atoms with van der Waals surface area (Å²) < 4.78 is 14.0. The molecule has 0 spiro atoms. The summed E-state index contributed by atoms with van der Waals surface area (Å²) in [6.07, 6.45) is 2.94. The molecule has 0 bridgehead atoms. The van der Waals surface area contributed by atoms with Crippen molar-refractivity contribution in [3.8, 4) is 0 Å². The molecule has 120 valence electrons. The van der Waals surface area contributed by atoms with Gasteiger partial charge < -0.3 is 4.98 Å². The molecule has 3 nitrogen and oxygen atoms in total. The Labute approximate surface area is 145 Å². The molecule has 0 unspecified atom stereocenters. The Kier molecular flexibility index (Phi) is 4.74. The second-order valence-corrected chi connectivity index (χ2v) is 6.52. The molecular formula is C18H11ClFNO2S. The molecule has 24 heavy (non-hydrogen) atoms. The fraction of sp³-hybridized carbons (Fsp3) is 0. The van der Waals surface area contributed by atoms with Crippen molar-refractivity contribution in [2.75, 3.05) is 0 Å². The highest BCUT2D eigenvalue weighted by Crippen LogP contribution is 2.10. The van der Waals surface area contributed by atoms with Gasteiger partial charge in [-0.3, -0.25) is 9.59 Å². The lowest BCUT2D eigenvalue weighted by Gasteiger charge is -1.94. The average Bonchev–Trinajstić information content (AvgIpc) is 2.87. The second-order valence-electron chi connectivity index (χ2n) is 5.00. The normalized spacial score (nSPS) is 12.6. The zero-order valence-electron chi connectivity index (χ0n) is 12.3. The number of nitrogens with one attached hydrogen (secondary N) is 1. The van der Waals surface area contributed by atoms with E-state index in [-0.39, 0.29) is 17.2 Å². The van der Waals surface area contributed by atoms with E-state index < -0.39 is 0 Å². The van der Waals surface area contributed by atoms with Gasteiger partial charge in [-0.1, -0.05) is 23.7 Å². The van der Waals surface area contributed by atoms with Crippen LogP contribution in [-0.4, -0.2) is 10.8 Å². The molecule has 3 rings (SSSR count). The van der Waals surface area contributed by atoms with E-state index in [2.05, 4.69) is 4.98 Å². The first-order valence-electron chi connectivity index (χ1n) is 6.99. The van der Waals surface area contributed by atoms with Crippen LogP contribution in [0.5, 0.6) is 0 Å². The summed E-state index contributed by atoms with van der Waals surface area (Å²) in [5, 5.41) is 0.545. The number of halogens is 2. The number of hydrogen-bond donors (Lipinski definition) is 1. The average molecular weight is 360 g/mol. The standard InChI is InChI=1S/C18H11ClFNO2S/c19-13-6-4-12(5-7-13)15(22)10-17-21-18(23)16(24-17)9-11-2-1-3-14(20)8-11/h1-10H,(H,21,23)/b16-9-,17-10-. The largest absolute Gasteiger partial charge is 0.313 e. The smallest absolute Gasteiger partial charge is 0.266 e. The summed E-state index contributed by atoms with van der Waals surface area (Å²) >= 11 is 6.93. The highest BCUT2D eigenvalue weighted by atomic mass is 35.5. The molecule has 0 fully saturated rings. The van der Waals surface area contributed by atoms with Gasteiger partial charge in [-0.25, -0.2) is 4.39 Å². The highest BCUT2D eigenvalue weighted by Gasteiger charge is 2.03. The Morgan fingerprint density at radius 3 is 2.62 bits per heavy atom. The Hall–Kier alpha value is -2.50.